The first-order chi connectivity index (χ1) is 9.97. The Balaban J connectivity index is 2.38. The molecule has 9 heteroatoms. The number of hydrogen-bond acceptors (Lipinski definition) is 6. The van der Waals surface area contributed by atoms with E-state index in [0.29, 0.717) is 0 Å². The highest BCUT2D eigenvalue weighted by Gasteiger charge is 2.18. The summed E-state index contributed by atoms with van der Waals surface area (Å²) in [4.78, 5) is 3.63. The van der Waals surface area contributed by atoms with Crippen molar-refractivity contribution in [2.75, 3.05) is 10.1 Å². The van der Waals surface area contributed by atoms with Gasteiger partial charge < -0.3 is 5.43 Å². The van der Waals surface area contributed by atoms with E-state index < -0.39 is 15.8 Å². The van der Waals surface area contributed by atoms with E-state index in [1.807, 2.05) is 0 Å². The summed E-state index contributed by atoms with van der Waals surface area (Å²) in [7, 11) is -3.99. The first-order valence-electron chi connectivity index (χ1n) is 5.62. The Kier molecular flexibility index (Phi) is 4.02. The Labute approximate surface area is 120 Å². The minimum absolute atomic E-state index is 0.140. The summed E-state index contributed by atoms with van der Waals surface area (Å²) in [6, 6.07) is 7.91. The lowest BCUT2D eigenvalue weighted by molar-refractivity contribution is 0.600. The number of hydrazine groups is 1. The van der Waals surface area contributed by atoms with E-state index in [1.165, 1.54) is 24.3 Å². The number of nitrogens with two attached hydrogens (primary N) is 1. The molecule has 108 valence electrons. The predicted octanol–water partition coefficient (Wildman–Crippen LogP) is 1.18. The Morgan fingerprint density at radius 3 is 2.62 bits per heavy atom. The van der Waals surface area contributed by atoms with Gasteiger partial charge in [0.2, 0.25) is 0 Å². The van der Waals surface area contributed by atoms with E-state index in [1.54, 1.807) is 6.07 Å². The van der Waals surface area contributed by atoms with Gasteiger partial charge in [-0.1, -0.05) is 6.07 Å². The predicted molar refractivity (Wildman–Crippen MR) is 74.0 cm³/mol. The van der Waals surface area contributed by atoms with Crippen LogP contribution in [-0.2, 0) is 10.0 Å². The summed E-state index contributed by atoms with van der Waals surface area (Å²) in [5.74, 6) is 4.61. The lowest BCUT2D eigenvalue weighted by atomic mass is 10.2. The highest BCUT2D eigenvalue weighted by atomic mass is 32.2. The quantitative estimate of drug-likeness (QED) is 0.576. The van der Waals surface area contributed by atoms with Crippen molar-refractivity contribution in [3.63, 3.8) is 0 Å². The zero-order valence-corrected chi connectivity index (χ0v) is 11.4. The minimum Gasteiger partial charge on any atom is -0.308 e. The average molecular weight is 307 g/mol. The summed E-state index contributed by atoms with van der Waals surface area (Å²) < 4.78 is 39.9. The molecule has 0 bridgehead atoms. The van der Waals surface area contributed by atoms with Crippen molar-refractivity contribution in [1.82, 2.24) is 4.98 Å². The van der Waals surface area contributed by atoms with E-state index in [2.05, 4.69) is 15.1 Å². The highest BCUT2D eigenvalue weighted by Crippen LogP contribution is 2.21. The van der Waals surface area contributed by atoms with Crippen molar-refractivity contribution in [1.29, 1.82) is 5.26 Å². The van der Waals surface area contributed by atoms with Gasteiger partial charge in [0.15, 0.2) is 0 Å². The molecule has 2 aromatic rings. The summed E-state index contributed by atoms with van der Waals surface area (Å²) >= 11 is 0. The van der Waals surface area contributed by atoms with Crippen molar-refractivity contribution in [3.8, 4) is 6.07 Å². The number of nitriles is 1. The van der Waals surface area contributed by atoms with Gasteiger partial charge in [0, 0.05) is 6.20 Å². The van der Waals surface area contributed by atoms with Gasteiger partial charge in [-0.3, -0.25) is 4.72 Å². The molecule has 0 amide bonds. The second-order valence-electron chi connectivity index (χ2n) is 3.90. The zero-order chi connectivity index (χ0) is 15.5. The summed E-state index contributed by atoms with van der Waals surface area (Å²) in [6.07, 6.45) is 1.09. The smallest absolute Gasteiger partial charge is 0.263 e. The van der Waals surface area contributed by atoms with Crippen molar-refractivity contribution in [2.45, 2.75) is 4.90 Å². The van der Waals surface area contributed by atoms with Gasteiger partial charge in [0.25, 0.3) is 10.0 Å². The van der Waals surface area contributed by atoms with Crippen LogP contribution in [0.3, 0.4) is 0 Å². The van der Waals surface area contributed by atoms with Gasteiger partial charge >= 0.3 is 0 Å². The van der Waals surface area contributed by atoms with Crippen LogP contribution in [0.4, 0.5) is 15.9 Å². The van der Waals surface area contributed by atoms with Crippen LogP contribution in [0.2, 0.25) is 0 Å². The number of aromatic nitrogens is 1. The van der Waals surface area contributed by atoms with Crippen molar-refractivity contribution >= 4 is 21.5 Å². The first kappa shape index (κ1) is 14.7. The molecule has 0 saturated carbocycles. The molecule has 4 N–H and O–H groups in total. The summed E-state index contributed by atoms with van der Waals surface area (Å²) in [5, 5.41) is 8.88. The number of nitrogen functional groups attached to an aromatic ring is 1. The summed E-state index contributed by atoms with van der Waals surface area (Å²) in [5.41, 5.74) is 1.74. The zero-order valence-electron chi connectivity index (χ0n) is 10.5. The molecule has 0 aliphatic carbocycles. The molecule has 0 spiro atoms. The fourth-order valence-corrected chi connectivity index (χ4v) is 2.57. The first-order valence-corrected chi connectivity index (χ1v) is 7.10. The molecule has 0 aliphatic heterocycles. The molecule has 1 heterocycles. The Morgan fingerprint density at radius 1 is 1.29 bits per heavy atom. The maximum absolute atomic E-state index is 13.4. The van der Waals surface area contributed by atoms with Crippen molar-refractivity contribution < 1.29 is 12.8 Å². The molecule has 0 atom stereocenters. The second-order valence-corrected chi connectivity index (χ2v) is 5.59. The molecule has 21 heavy (non-hydrogen) atoms. The minimum atomic E-state index is -3.99. The molecule has 0 fully saturated rings. The fourth-order valence-electron chi connectivity index (χ4n) is 1.55. The number of sulfonamides is 1. The molecule has 2 rings (SSSR count). The van der Waals surface area contributed by atoms with Gasteiger partial charge in [0.1, 0.15) is 28.2 Å². The van der Waals surface area contributed by atoms with Crippen LogP contribution < -0.4 is 16.0 Å². The van der Waals surface area contributed by atoms with E-state index >= 15 is 0 Å². The van der Waals surface area contributed by atoms with E-state index in [0.717, 1.165) is 12.3 Å². The topological polar surface area (TPSA) is 121 Å². The van der Waals surface area contributed by atoms with Crippen LogP contribution in [0.25, 0.3) is 0 Å². The second kappa shape index (κ2) is 5.74. The third-order valence-corrected chi connectivity index (χ3v) is 3.91. The number of hydrogen-bond donors (Lipinski definition) is 3. The van der Waals surface area contributed by atoms with Crippen LogP contribution in [0.15, 0.2) is 41.4 Å². The molecule has 7 nitrogen and oxygen atoms in total. The van der Waals surface area contributed by atoms with Crippen LogP contribution in [-0.4, -0.2) is 13.4 Å². The van der Waals surface area contributed by atoms with Gasteiger partial charge in [-0.15, -0.1) is 0 Å². The van der Waals surface area contributed by atoms with Crippen LogP contribution in [0.5, 0.6) is 0 Å². The van der Waals surface area contributed by atoms with Gasteiger partial charge in [-0.05, 0) is 24.3 Å². The SMILES string of the molecule is N#Cc1c(F)cccc1NS(=O)(=O)c1ccc(NN)nc1. The van der Waals surface area contributed by atoms with E-state index in [-0.39, 0.29) is 22.0 Å². The third kappa shape index (κ3) is 3.07. The maximum Gasteiger partial charge on any atom is 0.263 e. The summed E-state index contributed by atoms with van der Waals surface area (Å²) in [6.45, 7) is 0. The van der Waals surface area contributed by atoms with Gasteiger partial charge in [-0.25, -0.2) is 23.6 Å². The Bertz CT molecular complexity index is 799. The molecule has 1 aromatic heterocycles. The lowest BCUT2D eigenvalue weighted by Crippen LogP contribution is -2.15. The highest BCUT2D eigenvalue weighted by molar-refractivity contribution is 7.92. The molecular weight excluding hydrogens is 297 g/mol. The van der Waals surface area contributed by atoms with Gasteiger partial charge in [0.05, 0.1) is 5.69 Å². The molecule has 0 saturated heterocycles. The van der Waals surface area contributed by atoms with Gasteiger partial charge in [-0.2, -0.15) is 5.26 Å². The molecule has 0 aliphatic rings. The molecule has 0 radical (unpaired) electrons. The number of nitrogens with zero attached hydrogens (tertiary/aromatic N) is 2. The Morgan fingerprint density at radius 2 is 2.05 bits per heavy atom. The van der Waals surface area contributed by atoms with Crippen LogP contribution in [0.1, 0.15) is 5.56 Å². The number of halogens is 1. The Hall–Kier alpha value is -2.70. The third-order valence-electron chi connectivity index (χ3n) is 2.56. The normalized spacial score (nSPS) is 10.7. The molecule has 0 unspecified atom stereocenters. The van der Waals surface area contributed by atoms with Crippen molar-refractivity contribution in [3.05, 3.63) is 47.9 Å². The molecule has 1 aromatic carbocycles. The van der Waals surface area contributed by atoms with Crippen LogP contribution in [0, 0.1) is 17.1 Å². The average Bonchev–Trinajstić information content (AvgIpc) is 2.47. The number of rotatable bonds is 4. The lowest BCUT2D eigenvalue weighted by Gasteiger charge is -2.10. The number of anilines is 2. The molecular formula is C12H10FN5O2S. The van der Waals surface area contributed by atoms with Crippen molar-refractivity contribution in [2.24, 2.45) is 5.84 Å². The maximum atomic E-state index is 13.4. The van der Waals surface area contributed by atoms with Crippen LogP contribution >= 0.6 is 0 Å². The number of pyridine rings is 1. The fraction of sp³-hybridized carbons (Fsp3) is 0. The number of nitrogens with one attached hydrogen (secondary N) is 2. The largest absolute Gasteiger partial charge is 0.308 e. The van der Waals surface area contributed by atoms with E-state index in [9.17, 15) is 12.8 Å². The van der Waals surface area contributed by atoms with E-state index in [4.69, 9.17) is 11.1 Å². The number of benzene rings is 1. The monoisotopic (exact) mass is 307 g/mol. The standard InChI is InChI=1S/C12H10FN5O2S/c13-10-2-1-3-11(9(10)6-14)18-21(19,20)8-4-5-12(17-15)16-7-8/h1-5,7,18H,15H2,(H,16,17).